The van der Waals surface area contributed by atoms with Gasteiger partial charge in [0.2, 0.25) is 0 Å². The molecule has 6 heterocycles. The smallest absolute Gasteiger partial charge is 0.174 e. The zero-order valence-electron chi connectivity index (χ0n) is 65.0. The van der Waals surface area contributed by atoms with Gasteiger partial charge in [0.15, 0.2) is 36.3 Å². The Morgan fingerprint density at radius 1 is 0.430 bits per heavy atom. The third-order valence-electron chi connectivity index (χ3n) is 28.8. The quantitative estimate of drug-likeness (QED) is 0.0676. The Morgan fingerprint density at radius 2 is 1.02 bits per heavy atom. The molecular weight excluding hydrogens is 1440 g/mol. The molecule has 24 rings (SSSR count). The summed E-state index contributed by atoms with van der Waals surface area (Å²) in [6.07, 6.45) is 39.5. The minimum Gasteiger partial charge on any atom is -0.284 e. The van der Waals surface area contributed by atoms with E-state index in [1.807, 2.05) is 0 Å². The van der Waals surface area contributed by atoms with Crippen molar-refractivity contribution in [2.75, 3.05) is 0 Å². The Balaban J connectivity index is 0.774. The molecule has 544 valence electrons. The fourth-order valence-electron chi connectivity index (χ4n) is 23.8. The van der Waals surface area contributed by atoms with Crippen LogP contribution in [0.3, 0.4) is 0 Å². The van der Waals surface area contributed by atoms with E-state index in [9.17, 15) is 0 Å². The fraction of sp³-hybridized carbons (Fsp3) is 0.167. The molecule has 0 N–H and O–H groups in total. The van der Waals surface area contributed by atoms with Gasteiger partial charge in [0.25, 0.3) is 0 Å². The molecule has 2 fully saturated rings. The number of hydrogen-bond acceptors (Lipinski definition) is 2. The van der Waals surface area contributed by atoms with Crippen molar-refractivity contribution in [2.45, 2.75) is 113 Å². The first-order valence-electron chi connectivity index (χ1n) is 41.8. The molecule has 0 bridgehead atoms. The van der Waals surface area contributed by atoms with E-state index in [1.54, 1.807) is 48.3 Å². The molecule has 0 amide bonds. The first-order valence-corrected chi connectivity index (χ1v) is 50.5. The molecule has 0 saturated heterocycles. The number of para-hydroxylation sites is 1. The highest BCUT2D eigenvalue weighted by molar-refractivity contribution is 7.75. The molecule has 0 radical (unpaired) electrons. The molecule has 5 unspecified atom stereocenters. The van der Waals surface area contributed by atoms with E-state index in [0.717, 1.165) is 22.9 Å². The number of fused-ring (bicyclic) bond motifs is 22. The fourth-order valence-corrected chi connectivity index (χ4v) is 35.9. The van der Waals surface area contributed by atoms with Crippen molar-refractivity contribution < 1.29 is 0 Å². The Hall–Kier alpha value is -11.1. The molecule has 10 aliphatic rings. The van der Waals surface area contributed by atoms with Gasteiger partial charge >= 0.3 is 0 Å². The maximum Gasteiger partial charge on any atom is 0.174 e. The van der Waals surface area contributed by atoms with Crippen LogP contribution in [0, 0.1) is 0 Å². The summed E-state index contributed by atoms with van der Waals surface area (Å²) in [4.78, 5) is 11.6. The Labute approximate surface area is 672 Å². The van der Waals surface area contributed by atoms with Crippen LogP contribution in [0.4, 0.5) is 0 Å². The Kier molecular flexibility index (Phi) is 14.9. The zero-order valence-corrected chi connectivity index (χ0v) is 68.8. The van der Waals surface area contributed by atoms with Gasteiger partial charge in [-0.1, -0.05) is 311 Å². The van der Waals surface area contributed by atoms with E-state index in [1.165, 1.54) is 188 Å². The number of allylic oxidation sites excluding steroid dienone is 10. The second kappa shape index (κ2) is 25.2. The van der Waals surface area contributed by atoms with Crippen LogP contribution in [0.5, 0.6) is 0 Å². The number of aliphatic imine (C=N–C) groups is 1. The van der Waals surface area contributed by atoms with Crippen LogP contribution in [0.15, 0.2) is 321 Å². The average molecular weight is 1530 g/mol. The average Bonchev–Trinajstić information content (AvgIpc) is 0.930. The third kappa shape index (κ3) is 9.49. The van der Waals surface area contributed by atoms with E-state index in [0.29, 0.717) is 0 Å². The Bertz CT molecular complexity index is 6960. The molecule has 2 saturated carbocycles. The van der Waals surface area contributed by atoms with Gasteiger partial charge in [-0.15, -0.1) is 0 Å². The summed E-state index contributed by atoms with van der Waals surface area (Å²) in [5.74, 6) is 0.171. The minimum absolute atomic E-state index is 0.0262. The summed E-state index contributed by atoms with van der Waals surface area (Å²) < 4.78 is 0. The van der Waals surface area contributed by atoms with Crippen LogP contribution in [0.2, 0.25) is 26.2 Å². The maximum absolute atomic E-state index is 5.96. The molecule has 13 aromatic carbocycles. The van der Waals surface area contributed by atoms with Crippen LogP contribution in [-0.2, 0) is 10.8 Å². The van der Waals surface area contributed by atoms with Crippen molar-refractivity contribution in [1.82, 2.24) is 4.98 Å². The number of nitrogens with zero attached hydrogens (tertiary/aromatic N) is 2. The second-order valence-electron chi connectivity index (χ2n) is 35.0. The maximum atomic E-state index is 5.96. The van der Waals surface area contributed by atoms with Gasteiger partial charge in [0.1, 0.15) is 26.7 Å². The van der Waals surface area contributed by atoms with Crippen molar-refractivity contribution in [3.63, 3.8) is 0 Å². The molecule has 2 nitrogen and oxygen atoms in total. The highest BCUT2D eigenvalue weighted by atomic mass is 31.1. The normalized spacial score (nSPS) is 20.6. The number of aromatic nitrogens is 1. The molecule has 14 aromatic rings. The number of benzene rings is 13. The summed E-state index contributed by atoms with van der Waals surface area (Å²) in [7, 11) is -5.92. The van der Waals surface area contributed by atoms with E-state index in [2.05, 4.69) is 348 Å². The van der Waals surface area contributed by atoms with Crippen molar-refractivity contribution in [1.29, 1.82) is 0 Å². The standard InChI is InChI=1S/C108H86N2P2Si2/c1-113(2)96-44-21-16-39-87(96)107(56-23-24-57-107)89-52-47-70(63-98(89)113)101-79-51-46-67(60-84(79)103(104-80-36-13-18-41-91(80)109-65-85(101)104)71-48-53-90-99(64-71)114(3,4)97-45-22-17-40-88(97)108(90)58-25-26-59-108)74-37-27-38-81-105-86(66-110-106(74)81)100(68-49-54-94-82(61-68)75-32-14-19-42-92(75)111(94)72-28-7-5-8-29-72)77-34-11-12-35-78(77)102(105)69-50-55-95-83(62-69)76-33-15-20-43-93(76)112(95)73-30-9-6-10-31-73/h5-22,27-42,44-55,60-66,80,82,91H,23-26,43,56-59H2,1-4H3/q+2. The highest BCUT2D eigenvalue weighted by Crippen LogP contribution is 2.57. The highest BCUT2D eigenvalue weighted by Gasteiger charge is 2.52. The first-order chi connectivity index (χ1) is 56.0. The van der Waals surface area contributed by atoms with Crippen LogP contribution in [0.1, 0.15) is 120 Å². The summed E-state index contributed by atoms with van der Waals surface area (Å²) in [6, 6.07) is 98.7. The molecule has 2 spiro atoms. The Morgan fingerprint density at radius 3 is 1.74 bits per heavy atom. The SMILES string of the molecule is C[Si]1(C)c2ccccc2C2(CCCC2)c2ccc(-c3c4c(c(-c5ccc6c(c5)[Si](C)(C)c5ccccc5C65CCCC5)c5cc(-c6cccc7c6ncc6c(C8=CC9C(=[P+](c%10ccccc%10)c%10ccccc%109)C=C8)c8ccccc8c(-c8ccc9c(c8)C8=CC=CCC8=[P+]9c8ccccc8)c67)ccc35)C3C=CC=CC3N=C4)cc21. The lowest BCUT2D eigenvalue weighted by atomic mass is 9.71. The van der Waals surface area contributed by atoms with Crippen LogP contribution >= 0.6 is 15.1 Å². The predicted octanol–water partition coefficient (Wildman–Crippen LogP) is 22.7. The number of pyridine rings is 1. The summed E-state index contributed by atoms with van der Waals surface area (Å²) in [5.41, 5.74) is 26.8. The minimum atomic E-state index is -2.27. The van der Waals surface area contributed by atoms with Crippen molar-refractivity contribution in [3.8, 4) is 44.5 Å². The second-order valence-corrected chi connectivity index (χ2v) is 48.1. The van der Waals surface area contributed by atoms with Crippen molar-refractivity contribution in [3.05, 3.63) is 366 Å². The van der Waals surface area contributed by atoms with Crippen LogP contribution in [-0.4, -0.2) is 44.0 Å². The predicted molar refractivity (Wildman–Crippen MR) is 497 cm³/mol. The van der Waals surface area contributed by atoms with Crippen LogP contribution < -0.4 is 42.0 Å². The first kappa shape index (κ1) is 67.4. The van der Waals surface area contributed by atoms with Gasteiger partial charge in [0, 0.05) is 79.6 Å². The molecule has 5 atom stereocenters. The van der Waals surface area contributed by atoms with Gasteiger partial charge in [-0.2, -0.15) is 0 Å². The lowest BCUT2D eigenvalue weighted by Gasteiger charge is -2.45. The summed E-state index contributed by atoms with van der Waals surface area (Å²) >= 11 is 0. The van der Waals surface area contributed by atoms with E-state index in [4.69, 9.17) is 9.98 Å². The van der Waals surface area contributed by atoms with Gasteiger partial charge in [0.05, 0.1) is 17.5 Å². The molecule has 1 aromatic heterocycles. The third-order valence-corrected chi connectivity index (χ3v) is 41.2. The zero-order chi connectivity index (χ0) is 75.5. The molecular formula is C108H86N2P2Si2+2. The number of hydrogen-bond donors (Lipinski definition) is 0. The van der Waals surface area contributed by atoms with Crippen molar-refractivity contribution >= 4 is 144 Å². The van der Waals surface area contributed by atoms with Crippen molar-refractivity contribution in [2.24, 2.45) is 4.99 Å². The van der Waals surface area contributed by atoms with E-state index >= 15 is 0 Å². The van der Waals surface area contributed by atoms with Gasteiger partial charge in [-0.3, -0.25) is 9.98 Å². The van der Waals surface area contributed by atoms with Gasteiger partial charge in [-0.05, 0) is 196 Å². The van der Waals surface area contributed by atoms with E-state index in [-0.39, 0.29) is 28.7 Å². The largest absolute Gasteiger partial charge is 0.284 e. The van der Waals surface area contributed by atoms with E-state index < -0.39 is 31.2 Å². The topological polar surface area (TPSA) is 25.2 Å². The summed E-state index contributed by atoms with van der Waals surface area (Å²) in [5, 5.41) is 23.9. The molecule has 5 aliphatic carbocycles. The van der Waals surface area contributed by atoms with Gasteiger partial charge in [-0.25, -0.2) is 0 Å². The van der Waals surface area contributed by atoms with Gasteiger partial charge < -0.3 is 0 Å². The lowest BCUT2D eigenvalue weighted by Crippen LogP contribution is -2.62. The molecule has 5 aliphatic heterocycles. The van der Waals surface area contributed by atoms with Crippen LogP contribution in [0.25, 0.3) is 98.9 Å². The monoisotopic (exact) mass is 1530 g/mol. The molecule has 114 heavy (non-hydrogen) atoms. The lowest BCUT2D eigenvalue weighted by molar-refractivity contribution is 0.538. The number of rotatable bonds is 7. The molecule has 6 heteroatoms. The summed E-state index contributed by atoms with van der Waals surface area (Å²) in [6.45, 7) is 10.6.